The number of terminal acetylenes is 1. The first kappa shape index (κ1) is 15.7. The van der Waals surface area contributed by atoms with Crippen molar-refractivity contribution in [1.82, 2.24) is 14.5 Å². The molecule has 0 aliphatic rings. The van der Waals surface area contributed by atoms with Crippen LogP contribution in [0.4, 0.5) is 0 Å². The minimum atomic E-state index is -3.65. The average molecular weight is 283 g/mol. The summed E-state index contributed by atoms with van der Waals surface area (Å²) in [4.78, 5) is 0.191. The SMILES string of the molecule is C#CC(CC)(CC)NS(=O)(=O)c1cn(CC)nc1C. The molecule has 1 rings (SSSR count). The maximum absolute atomic E-state index is 12.4. The van der Waals surface area contributed by atoms with Crippen LogP contribution in [0.25, 0.3) is 0 Å². The number of sulfonamides is 1. The number of hydrogen-bond acceptors (Lipinski definition) is 3. The molecule has 0 radical (unpaired) electrons. The lowest BCUT2D eigenvalue weighted by Crippen LogP contribution is -2.46. The Balaban J connectivity index is 3.18. The van der Waals surface area contributed by atoms with E-state index < -0.39 is 15.6 Å². The van der Waals surface area contributed by atoms with E-state index in [2.05, 4.69) is 15.7 Å². The third-order valence-electron chi connectivity index (χ3n) is 3.33. The van der Waals surface area contributed by atoms with Gasteiger partial charge in [0.15, 0.2) is 0 Å². The van der Waals surface area contributed by atoms with E-state index >= 15 is 0 Å². The van der Waals surface area contributed by atoms with Gasteiger partial charge in [0.1, 0.15) is 4.90 Å². The number of aryl methyl sites for hydroxylation is 2. The van der Waals surface area contributed by atoms with Crippen molar-refractivity contribution in [2.45, 2.75) is 57.5 Å². The highest BCUT2D eigenvalue weighted by molar-refractivity contribution is 7.89. The Hall–Kier alpha value is -1.32. The fourth-order valence-corrected chi connectivity index (χ4v) is 3.53. The Labute approximate surface area is 115 Å². The second kappa shape index (κ2) is 5.76. The number of rotatable bonds is 6. The van der Waals surface area contributed by atoms with Crippen molar-refractivity contribution < 1.29 is 8.42 Å². The molecule has 1 N–H and O–H groups in total. The molecular formula is C13H21N3O2S. The minimum Gasteiger partial charge on any atom is -0.271 e. The van der Waals surface area contributed by atoms with Crippen molar-refractivity contribution in [3.05, 3.63) is 11.9 Å². The predicted molar refractivity (Wildman–Crippen MR) is 75.1 cm³/mol. The zero-order valence-electron chi connectivity index (χ0n) is 11.9. The predicted octanol–water partition coefficient (Wildman–Crippen LogP) is 1.68. The van der Waals surface area contributed by atoms with Crippen molar-refractivity contribution in [2.75, 3.05) is 0 Å². The molecule has 0 aliphatic carbocycles. The molecule has 106 valence electrons. The first-order valence-electron chi connectivity index (χ1n) is 6.40. The van der Waals surface area contributed by atoms with Crippen LogP contribution in [0.1, 0.15) is 39.3 Å². The molecular weight excluding hydrogens is 262 g/mol. The lowest BCUT2D eigenvalue weighted by Gasteiger charge is -2.26. The number of hydrogen-bond donors (Lipinski definition) is 1. The Morgan fingerprint density at radius 1 is 1.42 bits per heavy atom. The normalized spacial score (nSPS) is 12.4. The lowest BCUT2D eigenvalue weighted by molar-refractivity contribution is 0.451. The van der Waals surface area contributed by atoms with Crippen molar-refractivity contribution in [3.8, 4) is 12.3 Å². The molecule has 19 heavy (non-hydrogen) atoms. The molecule has 0 fully saturated rings. The van der Waals surface area contributed by atoms with E-state index in [0.29, 0.717) is 25.1 Å². The van der Waals surface area contributed by atoms with Crippen LogP contribution < -0.4 is 4.72 Å². The molecule has 0 aliphatic heterocycles. The first-order chi connectivity index (χ1) is 8.84. The molecule has 0 saturated heterocycles. The van der Waals surface area contributed by atoms with Gasteiger partial charge < -0.3 is 0 Å². The largest absolute Gasteiger partial charge is 0.271 e. The zero-order chi connectivity index (χ0) is 14.7. The van der Waals surface area contributed by atoms with Crippen LogP contribution in [0.2, 0.25) is 0 Å². The van der Waals surface area contributed by atoms with Crippen molar-refractivity contribution >= 4 is 10.0 Å². The molecule has 0 saturated carbocycles. The van der Waals surface area contributed by atoms with Crippen molar-refractivity contribution in [1.29, 1.82) is 0 Å². The summed E-state index contributed by atoms with van der Waals surface area (Å²) >= 11 is 0. The van der Waals surface area contributed by atoms with Crippen LogP contribution in [-0.2, 0) is 16.6 Å². The molecule has 0 aromatic carbocycles. The van der Waals surface area contributed by atoms with Crippen LogP contribution in [0.3, 0.4) is 0 Å². The second-order valence-corrected chi connectivity index (χ2v) is 6.12. The van der Waals surface area contributed by atoms with Crippen LogP contribution in [0.15, 0.2) is 11.1 Å². The van der Waals surface area contributed by atoms with Gasteiger partial charge in [-0.05, 0) is 26.7 Å². The van der Waals surface area contributed by atoms with Gasteiger partial charge in [-0.1, -0.05) is 19.8 Å². The van der Waals surface area contributed by atoms with E-state index in [1.807, 2.05) is 20.8 Å². The zero-order valence-corrected chi connectivity index (χ0v) is 12.7. The number of nitrogens with zero attached hydrogens (tertiary/aromatic N) is 2. The van der Waals surface area contributed by atoms with Crippen LogP contribution in [0, 0.1) is 19.3 Å². The monoisotopic (exact) mass is 283 g/mol. The van der Waals surface area contributed by atoms with Gasteiger partial charge in [-0.3, -0.25) is 4.68 Å². The Kier molecular flexibility index (Phi) is 4.77. The first-order valence-corrected chi connectivity index (χ1v) is 7.88. The van der Waals surface area contributed by atoms with Gasteiger partial charge in [0.25, 0.3) is 0 Å². The Morgan fingerprint density at radius 2 is 2.00 bits per heavy atom. The molecule has 0 amide bonds. The maximum Gasteiger partial charge on any atom is 0.245 e. The van der Waals surface area contributed by atoms with Gasteiger partial charge in [0.05, 0.1) is 11.2 Å². The molecule has 0 bridgehead atoms. The second-order valence-electron chi connectivity index (χ2n) is 4.47. The summed E-state index contributed by atoms with van der Waals surface area (Å²) in [6.07, 6.45) is 8.10. The molecule has 0 unspecified atom stereocenters. The molecule has 0 spiro atoms. The molecule has 0 atom stereocenters. The van der Waals surface area contributed by atoms with Gasteiger partial charge in [-0.2, -0.15) is 9.82 Å². The molecule has 1 aromatic heterocycles. The third kappa shape index (κ3) is 3.17. The van der Waals surface area contributed by atoms with E-state index in [9.17, 15) is 8.42 Å². The third-order valence-corrected chi connectivity index (χ3v) is 4.97. The summed E-state index contributed by atoms with van der Waals surface area (Å²) in [5.74, 6) is 2.56. The minimum absolute atomic E-state index is 0.191. The summed E-state index contributed by atoms with van der Waals surface area (Å²) < 4.78 is 29.1. The summed E-state index contributed by atoms with van der Waals surface area (Å²) in [6, 6.07) is 0. The van der Waals surface area contributed by atoms with E-state index in [4.69, 9.17) is 6.42 Å². The van der Waals surface area contributed by atoms with E-state index in [1.54, 1.807) is 11.6 Å². The maximum atomic E-state index is 12.4. The van der Waals surface area contributed by atoms with Crippen LogP contribution in [-0.4, -0.2) is 23.7 Å². The van der Waals surface area contributed by atoms with Gasteiger partial charge in [0, 0.05) is 12.7 Å². The highest BCUT2D eigenvalue weighted by Crippen LogP contribution is 2.20. The van der Waals surface area contributed by atoms with E-state index in [-0.39, 0.29) is 4.90 Å². The quantitative estimate of drug-likeness (QED) is 0.808. The van der Waals surface area contributed by atoms with Crippen LogP contribution in [0.5, 0.6) is 0 Å². The Bertz CT molecular complexity index is 578. The lowest BCUT2D eigenvalue weighted by atomic mass is 9.96. The smallest absolute Gasteiger partial charge is 0.245 e. The van der Waals surface area contributed by atoms with Crippen molar-refractivity contribution in [2.24, 2.45) is 0 Å². The highest BCUT2D eigenvalue weighted by atomic mass is 32.2. The molecule has 1 aromatic rings. The van der Waals surface area contributed by atoms with Crippen LogP contribution >= 0.6 is 0 Å². The standard InChI is InChI=1S/C13H21N3O2S/c1-6-13(7-2,8-3)15-19(17,18)12-10-16(9-4)14-11(12)5/h1,10,15H,7-9H2,2-5H3. The van der Waals surface area contributed by atoms with E-state index in [1.165, 1.54) is 6.20 Å². The highest BCUT2D eigenvalue weighted by Gasteiger charge is 2.31. The number of aromatic nitrogens is 2. The number of nitrogens with one attached hydrogen (secondary N) is 1. The molecule has 6 heteroatoms. The molecule has 5 nitrogen and oxygen atoms in total. The summed E-state index contributed by atoms with van der Waals surface area (Å²) in [6.45, 7) is 7.94. The van der Waals surface area contributed by atoms with Crippen molar-refractivity contribution in [3.63, 3.8) is 0 Å². The fourth-order valence-electron chi connectivity index (χ4n) is 1.87. The topological polar surface area (TPSA) is 64.0 Å². The Morgan fingerprint density at radius 3 is 2.37 bits per heavy atom. The van der Waals surface area contributed by atoms with Gasteiger partial charge in [-0.15, -0.1) is 6.42 Å². The van der Waals surface area contributed by atoms with Gasteiger partial charge in [0.2, 0.25) is 10.0 Å². The summed E-state index contributed by atoms with van der Waals surface area (Å²) in [5, 5.41) is 4.15. The van der Waals surface area contributed by atoms with Gasteiger partial charge in [-0.25, -0.2) is 8.42 Å². The summed E-state index contributed by atoms with van der Waals surface area (Å²) in [7, 11) is -3.65. The average Bonchev–Trinajstić information content (AvgIpc) is 2.78. The fraction of sp³-hybridized carbons (Fsp3) is 0.615. The van der Waals surface area contributed by atoms with Gasteiger partial charge >= 0.3 is 0 Å². The van der Waals surface area contributed by atoms with E-state index in [0.717, 1.165) is 0 Å². The molecule has 1 heterocycles. The summed E-state index contributed by atoms with van der Waals surface area (Å²) in [5.41, 5.74) is -0.355.